The topological polar surface area (TPSA) is 55.8 Å². The molecular formula is C25H29NO4. The SMILES string of the molecule is CCCCOc1ccccc1C(=O)N(Cc1ccco1)Cc1ccc(C2CC2C)o1. The first-order valence-corrected chi connectivity index (χ1v) is 10.8. The number of hydrogen-bond acceptors (Lipinski definition) is 4. The Kier molecular flexibility index (Phi) is 6.26. The molecule has 1 aliphatic rings. The Morgan fingerprint density at radius 3 is 2.63 bits per heavy atom. The molecule has 2 atom stereocenters. The Morgan fingerprint density at radius 2 is 1.90 bits per heavy atom. The quantitative estimate of drug-likeness (QED) is 0.386. The van der Waals surface area contributed by atoms with Crippen LogP contribution in [0.1, 0.15) is 66.7 Å². The third kappa shape index (κ3) is 4.78. The van der Waals surface area contributed by atoms with Gasteiger partial charge in [0.1, 0.15) is 23.0 Å². The van der Waals surface area contributed by atoms with Gasteiger partial charge in [-0.15, -0.1) is 0 Å². The molecule has 2 heterocycles. The molecule has 0 N–H and O–H groups in total. The molecule has 30 heavy (non-hydrogen) atoms. The van der Waals surface area contributed by atoms with Crippen molar-refractivity contribution in [1.29, 1.82) is 0 Å². The molecule has 1 fully saturated rings. The summed E-state index contributed by atoms with van der Waals surface area (Å²) in [5.74, 6) is 4.25. The Morgan fingerprint density at radius 1 is 1.10 bits per heavy atom. The van der Waals surface area contributed by atoms with Gasteiger partial charge in [-0.1, -0.05) is 32.4 Å². The maximum Gasteiger partial charge on any atom is 0.258 e. The van der Waals surface area contributed by atoms with Crippen molar-refractivity contribution in [2.24, 2.45) is 5.92 Å². The average molecular weight is 408 g/mol. The zero-order valence-corrected chi connectivity index (χ0v) is 17.7. The summed E-state index contributed by atoms with van der Waals surface area (Å²) in [6, 6.07) is 15.2. The lowest BCUT2D eigenvalue weighted by atomic mass is 10.1. The maximum atomic E-state index is 13.5. The Labute approximate surface area is 177 Å². The third-order valence-corrected chi connectivity index (χ3v) is 5.59. The van der Waals surface area contributed by atoms with Gasteiger partial charge in [-0.3, -0.25) is 4.79 Å². The summed E-state index contributed by atoms with van der Waals surface area (Å²) in [4.78, 5) is 15.2. The summed E-state index contributed by atoms with van der Waals surface area (Å²) in [5, 5.41) is 0. The van der Waals surface area contributed by atoms with Crippen LogP contribution >= 0.6 is 0 Å². The van der Waals surface area contributed by atoms with Crippen LogP contribution in [-0.2, 0) is 13.1 Å². The van der Waals surface area contributed by atoms with E-state index in [-0.39, 0.29) is 5.91 Å². The average Bonchev–Trinajstić information content (AvgIpc) is 3.14. The molecular weight excluding hydrogens is 378 g/mol. The number of ether oxygens (including phenoxy) is 1. The smallest absolute Gasteiger partial charge is 0.258 e. The van der Waals surface area contributed by atoms with Gasteiger partial charge in [0.2, 0.25) is 0 Å². The van der Waals surface area contributed by atoms with Gasteiger partial charge >= 0.3 is 0 Å². The van der Waals surface area contributed by atoms with Crippen molar-refractivity contribution in [3.05, 3.63) is 77.6 Å². The van der Waals surface area contributed by atoms with Crippen LogP contribution < -0.4 is 4.74 Å². The first-order valence-electron chi connectivity index (χ1n) is 10.8. The molecule has 5 nitrogen and oxygen atoms in total. The van der Waals surface area contributed by atoms with E-state index in [9.17, 15) is 4.79 Å². The summed E-state index contributed by atoms with van der Waals surface area (Å²) in [7, 11) is 0. The van der Waals surface area contributed by atoms with Gasteiger partial charge in [-0.25, -0.2) is 0 Å². The lowest BCUT2D eigenvalue weighted by Crippen LogP contribution is -2.30. The van der Waals surface area contributed by atoms with E-state index in [1.165, 1.54) is 6.42 Å². The molecule has 3 aromatic rings. The lowest BCUT2D eigenvalue weighted by molar-refractivity contribution is 0.0699. The summed E-state index contributed by atoms with van der Waals surface area (Å²) in [5.41, 5.74) is 0.558. The number of unbranched alkanes of at least 4 members (excludes halogenated alkanes) is 1. The van der Waals surface area contributed by atoms with Crippen LogP contribution in [0.5, 0.6) is 5.75 Å². The molecule has 5 heteroatoms. The van der Waals surface area contributed by atoms with E-state index in [1.807, 2.05) is 48.5 Å². The van der Waals surface area contributed by atoms with E-state index in [0.29, 0.717) is 42.8 Å². The molecule has 1 aliphatic carbocycles. The van der Waals surface area contributed by atoms with E-state index in [4.69, 9.17) is 13.6 Å². The van der Waals surface area contributed by atoms with E-state index in [2.05, 4.69) is 13.8 Å². The van der Waals surface area contributed by atoms with Crippen LogP contribution in [0.2, 0.25) is 0 Å². The molecule has 1 saturated carbocycles. The molecule has 0 radical (unpaired) electrons. The lowest BCUT2D eigenvalue weighted by Gasteiger charge is -2.22. The largest absolute Gasteiger partial charge is 0.493 e. The van der Waals surface area contributed by atoms with Crippen LogP contribution in [0.3, 0.4) is 0 Å². The van der Waals surface area contributed by atoms with Crippen LogP contribution in [0.15, 0.2) is 63.6 Å². The van der Waals surface area contributed by atoms with Crippen molar-refractivity contribution < 1.29 is 18.4 Å². The Hall–Kier alpha value is -2.95. The number of nitrogens with zero attached hydrogens (tertiary/aromatic N) is 1. The van der Waals surface area contributed by atoms with Crippen LogP contribution in [0.4, 0.5) is 0 Å². The highest BCUT2D eigenvalue weighted by Gasteiger charge is 2.36. The molecule has 0 bridgehead atoms. The summed E-state index contributed by atoms with van der Waals surface area (Å²) in [6.07, 6.45) is 4.79. The second-order valence-electron chi connectivity index (χ2n) is 8.06. The monoisotopic (exact) mass is 407 g/mol. The summed E-state index contributed by atoms with van der Waals surface area (Å²) >= 11 is 0. The minimum absolute atomic E-state index is 0.101. The fourth-order valence-corrected chi connectivity index (χ4v) is 3.64. The van der Waals surface area contributed by atoms with Crippen molar-refractivity contribution in [2.45, 2.75) is 52.1 Å². The highest BCUT2D eigenvalue weighted by molar-refractivity contribution is 5.96. The number of rotatable bonds is 10. The molecule has 4 rings (SSSR count). The highest BCUT2D eigenvalue weighted by atomic mass is 16.5. The zero-order chi connectivity index (χ0) is 20.9. The number of furan rings is 2. The second kappa shape index (κ2) is 9.24. The first-order chi connectivity index (χ1) is 14.7. The maximum absolute atomic E-state index is 13.5. The fraction of sp³-hybridized carbons (Fsp3) is 0.400. The van der Waals surface area contributed by atoms with Crippen molar-refractivity contribution in [1.82, 2.24) is 4.90 Å². The van der Waals surface area contributed by atoms with Gasteiger partial charge in [-0.05, 0) is 55.2 Å². The fourth-order valence-electron chi connectivity index (χ4n) is 3.64. The van der Waals surface area contributed by atoms with Gasteiger partial charge in [0, 0.05) is 5.92 Å². The minimum atomic E-state index is -0.101. The van der Waals surface area contributed by atoms with Crippen molar-refractivity contribution in [3.63, 3.8) is 0 Å². The van der Waals surface area contributed by atoms with E-state index in [0.717, 1.165) is 30.1 Å². The van der Waals surface area contributed by atoms with E-state index >= 15 is 0 Å². The summed E-state index contributed by atoms with van der Waals surface area (Å²) < 4.78 is 17.5. The number of carbonyl (C=O) groups excluding carboxylic acids is 1. The molecule has 1 amide bonds. The Bertz CT molecular complexity index is 959. The first kappa shape index (κ1) is 20.3. The number of para-hydroxylation sites is 1. The predicted molar refractivity (Wildman–Crippen MR) is 114 cm³/mol. The zero-order valence-electron chi connectivity index (χ0n) is 17.7. The van der Waals surface area contributed by atoms with E-state index < -0.39 is 0 Å². The highest BCUT2D eigenvalue weighted by Crippen LogP contribution is 2.47. The van der Waals surface area contributed by atoms with Gasteiger partial charge in [0.25, 0.3) is 5.91 Å². The predicted octanol–water partition coefficient (Wildman–Crippen LogP) is 6.02. The third-order valence-electron chi connectivity index (χ3n) is 5.59. The molecule has 1 aromatic carbocycles. The molecule has 158 valence electrons. The molecule has 2 unspecified atom stereocenters. The van der Waals surface area contributed by atoms with Crippen molar-refractivity contribution in [2.75, 3.05) is 6.61 Å². The molecule has 2 aromatic heterocycles. The van der Waals surface area contributed by atoms with Crippen LogP contribution in [0, 0.1) is 5.92 Å². The minimum Gasteiger partial charge on any atom is -0.493 e. The summed E-state index contributed by atoms with van der Waals surface area (Å²) in [6.45, 7) is 5.69. The number of hydrogen-bond donors (Lipinski definition) is 0. The molecule has 0 saturated heterocycles. The van der Waals surface area contributed by atoms with Crippen molar-refractivity contribution in [3.8, 4) is 5.75 Å². The Balaban J connectivity index is 1.55. The molecule has 0 aliphatic heterocycles. The van der Waals surface area contributed by atoms with Crippen LogP contribution in [-0.4, -0.2) is 17.4 Å². The number of amides is 1. The van der Waals surface area contributed by atoms with Gasteiger partial charge in [0.05, 0.1) is 31.5 Å². The van der Waals surface area contributed by atoms with E-state index in [1.54, 1.807) is 11.2 Å². The van der Waals surface area contributed by atoms with Gasteiger partial charge in [-0.2, -0.15) is 0 Å². The second-order valence-corrected chi connectivity index (χ2v) is 8.06. The standard InChI is InChI=1S/C25H29NO4/c1-3-4-13-29-23-10-6-5-9-21(23)25(27)26(16-19-8-7-14-28-19)17-20-11-12-24(30-20)22-15-18(22)2/h5-12,14,18,22H,3-4,13,15-17H2,1-2H3. The van der Waals surface area contributed by atoms with Gasteiger partial charge < -0.3 is 18.5 Å². The number of benzene rings is 1. The van der Waals surface area contributed by atoms with Gasteiger partial charge in [0.15, 0.2) is 0 Å². The van der Waals surface area contributed by atoms with Crippen molar-refractivity contribution >= 4 is 5.91 Å². The molecule has 0 spiro atoms. The normalized spacial score (nSPS) is 17.7. The van der Waals surface area contributed by atoms with Crippen LogP contribution in [0.25, 0.3) is 0 Å². The number of carbonyl (C=O) groups is 1.